The Hall–Kier alpha value is -3.53. The van der Waals surface area contributed by atoms with Crippen LogP contribution in [0.25, 0.3) is 0 Å². The maximum absolute atomic E-state index is 13.1. The number of nitrogens with zero attached hydrogens (tertiary/aromatic N) is 3. The van der Waals surface area contributed by atoms with Crippen LogP contribution in [0.15, 0.2) is 60.3 Å². The molecule has 1 aliphatic heterocycles. The number of piperazine rings is 1. The van der Waals surface area contributed by atoms with E-state index in [1.54, 1.807) is 29.2 Å². The molecule has 1 saturated heterocycles. The maximum atomic E-state index is 13.1. The Kier molecular flexibility index (Phi) is 6.69. The lowest BCUT2D eigenvalue weighted by Crippen LogP contribution is -2.49. The molecule has 1 amide bonds. The molecule has 150 valence electrons. The Bertz CT molecular complexity index is 896. The number of nitriles is 1. The van der Waals surface area contributed by atoms with Gasteiger partial charge in [-0.05, 0) is 48.4 Å². The summed E-state index contributed by atoms with van der Waals surface area (Å²) >= 11 is 0. The second-order valence-corrected chi connectivity index (χ2v) is 6.80. The molecule has 0 unspecified atom stereocenters. The van der Waals surface area contributed by atoms with Gasteiger partial charge < -0.3 is 20.2 Å². The molecule has 1 fully saturated rings. The quantitative estimate of drug-likeness (QED) is 0.447. The molecule has 6 nitrogen and oxygen atoms in total. The monoisotopic (exact) mass is 394 g/mol. The highest BCUT2D eigenvalue weighted by molar-refractivity contribution is 5.97. The van der Waals surface area contributed by atoms with Crippen molar-refractivity contribution >= 4 is 11.6 Å². The van der Waals surface area contributed by atoms with Crippen molar-refractivity contribution in [3.05, 3.63) is 71.7 Å². The summed E-state index contributed by atoms with van der Waals surface area (Å²) in [5, 5.41) is 21.7. The van der Waals surface area contributed by atoms with Crippen molar-refractivity contribution in [2.45, 2.75) is 6.42 Å². The Morgan fingerprint density at radius 3 is 2.38 bits per heavy atom. The van der Waals surface area contributed by atoms with Gasteiger partial charge in [-0.25, -0.2) is 4.39 Å². The molecular weight excluding hydrogens is 371 g/mol. The first-order chi connectivity index (χ1) is 14.1. The molecule has 0 bridgehead atoms. The van der Waals surface area contributed by atoms with Crippen LogP contribution in [0.1, 0.15) is 5.56 Å². The number of rotatable bonds is 6. The van der Waals surface area contributed by atoms with Crippen molar-refractivity contribution in [2.75, 3.05) is 37.6 Å². The minimum atomic E-state index is -0.289. The zero-order chi connectivity index (χ0) is 20.6. The number of carbonyl (C=O) groups is 1. The maximum Gasteiger partial charge on any atom is 0.266 e. The highest BCUT2D eigenvalue weighted by Crippen LogP contribution is 2.17. The van der Waals surface area contributed by atoms with Gasteiger partial charge >= 0.3 is 0 Å². The number of hydrogen-bond acceptors (Lipinski definition) is 5. The highest BCUT2D eigenvalue weighted by Gasteiger charge is 2.23. The predicted molar refractivity (Wildman–Crippen MR) is 109 cm³/mol. The minimum absolute atomic E-state index is 0.0749. The lowest BCUT2D eigenvalue weighted by atomic mass is 10.1. The van der Waals surface area contributed by atoms with Crippen LogP contribution in [0.5, 0.6) is 5.75 Å². The largest absolute Gasteiger partial charge is 0.508 e. The molecular formula is C22H23FN4O2. The van der Waals surface area contributed by atoms with Gasteiger partial charge in [-0.15, -0.1) is 0 Å². The fourth-order valence-electron chi connectivity index (χ4n) is 3.19. The van der Waals surface area contributed by atoms with E-state index in [-0.39, 0.29) is 23.0 Å². The summed E-state index contributed by atoms with van der Waals surface area (Å²) < 4.78 is 13.1. The molecule has 0 atom stereocenters. The van der Waals surface area contributed by atoms with E-state index in [9.17, 15) is 19.6 Å². The lowest BCUT2D eigenvalue weighted by Gasteiger charge is -2.36. The molecule has 3 rings (SSSR count). The number of halogens is 1. The molecule has 0 spiro atoms. The molecule has 0 saturated carbocycles. The number of hydrogen-bond donors (Lipinski definition) is 2. The molecule has 2 N–H and O–H groups in total. The van der Waals surface area contributed by atoms with Gasteiger partial charge in [-0.3, -0.25) is 4.79 Å². The van der Waals surface area contributed by atoms with Crippen LogP contribution in [0.4, 0.5) is 10.1 Å². The topological polar surface area (TPSA) is 79.6 Å². The predicted octanol–water partition coefficient (Wildman–Crippen LogP) is 2.42. The van der Waals surface area contributed by atoms with Crippen molar-refractivity contribution in [3.8, 4) is 11.8 Å². The van der Waals surface area contributed by atoms with Crippen LogP contribution in [0, 0.1) is 17.1 Å². The minimum Gasteiger partial charge on any atom is -0.508 e. The number of phenols is 1. The molecule has 1 aliphatic rings. The first kappa shape index (κ1) is 20.2. The number of carbonyl (C=O) groups excluding carboxylic acids is 1. The van der Waals surface area contributed by atoms with Crippen LogP contribution < -0.4 is 10.2 Å². The summed E-state index contributed by atoms with van der Waals surface area (Å²) in [7, 11) is 0. The van der Waals surface area contributed by atoms with Crippen molar-refractivity contribution in [2.24, 2.45) is 0 Å². The fraction of sp³-hybridized carbons (Fsp3) is 0.273. The first-order valence-electron chi connectivity index (χ1n) is 9.48. The van der Waals surface area contributed by atoms with Crippen molar-refractivity contribution in [1.29, 1.82) is 5.26 Å². The van der Waals surface area contributed by atoms with E-state index in [1.807, 2.05) is 18.2 Å². The molecule has 0 aliphatic carbocycles. The van der Waals surface area contributed by atoms with Gasteiger partial charge in [-0.1, -0.05) is 12.1 Å². The zero-order valence-corrected chi connectivity index (χ0v) is 16.0. The number of anilines is 1. The van der Waals surface area contributed by atoms with Crippen LogP contribution >= 0.6 is 0 Å². The second-order valence-electron chi connectivity index (χ2n) is 6.80. The Morgan fingerprint density at radius 1 is 1.10 bits per heavy atom. The Morgan fingerprint density at radius 2 is 1.76 bits per heavy atom. The molecule has 2 aromatic rings. The lowest BCUT2D eigenvalue weighted by molar-refractivity contribution is -0.127. The van der Waals surface area contributed by atoms with E-state index in [2.05, 4.69) is 10.2 Å². The average molecular weight is 394 g/mol. The van der Waals surface area contributed by atoms with Gasteiger partial charge in [0.1, 0.15) is 23.2 Å². The summed E-state index contributed by atoms with van der Waals surface area (Å²) in [6, 6.07) is 15.2. The van der Waals surface area contributed by atoms with Crippen LogP contribution in [0.3, 0.4) is 0 Å². The van der Waals surface area contributed by atoms with Gasteiger partial charge in [-0.2, -0.15) is 5.26 Å². The number of phenolic OH excluding ortho intramolecular Hbond substituents is 1. The summed E-state index contributed by atoms with van der Waals surface area (Å²) in [5.41, 5.74) is 2.04. The van der Waals surface area contributed by atoms with E-state index in [0.717, 1.165) is 11.3 Å². The van der Waals surface area contributed by atoms with Crippen LogP contribution in [-0.4, -0.2) is 48.6 Å². The number of benzene rings is 2. The van der Waals surface area contributed by atoms with Crippen molar-refractivity contribution in [1.82, 2.24) is 10.2 Å². The van der Waals surface area contributed by atoms with Gasteiger partial charge in [0.25, 0.3) is 5.91 Å². The highest BCUT2D eigenvalue weighted by atomic mass is 19.1. The van der Waals surface area contributed by atoms with E-state index in [0.29, 0.717) is 39.1 Å². The number of nitrogens with one attached hydrogen (secondary N) is 1. The van der Waals surface area contributed by atoms with E-state index in [1.165, 1.54) is 18.3 Å². The zero-order valence-electron chi connectivity index (χ0n) is 16.0. The normalized spacial score (nSPS) is 14.4. The summed E-state index contributed by atoms with van der Waals surface area (Å²) in [4.78, 5) is 16.4. The molecule has 1 heterocycles. The molecule has 0 aromatic heterocycles. The second kappa shape index (κ2) is 9.60. The van der Waals surface area contributed by atoms with Gasteiger partial charge in [0.15, 0.2) is 0 Å². The van der Waals surface area contributed by atoms with Gasteiger partial charge in [0.2, 0.25) is 0 Å². The van der Waals surface area contributed by atoms with Crippen molar-refractivity contribution in [3.63, 3.8) is 0 Å². The third-order valence-electron chi connectivity index (χ3n) is 4.85. The van der Waals surface area contributed by atoms with Gasteiger partial charge in [0.05, 0.1) is 0 Å². The van der Waals surface area contributed by atoms with Crippen LogP contribution in [0.2, 0.25) is 0 Å². The van der Waals surface area contributed by atoms with E-state index in [4.69, 9.17) is 0 Å². The van der Waals surface area contributed by atoms with E-state index < -0.39 is 0 Å². The Labute approximate surface area is 169 Å². The van der Waals surface area contributed by atoms with Crippen molar-refractivity contribution < 1.29 is 14.3 Å². The summed E-state index contributed by atoms with van der Waals surface area (Å²) in [6.45, 7) is 2.84. The first-order valence-corrected chi connectivity index (χ1v) is 9.48. The van der Waals surface area contributed by atoms with E-state index >= 15 is 0 Å². The average Bonchev–Trinajstić information content (AvgIpc) is 2.75. The number of aromatic hydroxyl groups is 1. The SMILES string of the molecule is N#C/C(=C/NCCc1ccc(O)cc1)C(=O)N1CCN(c2ccc(F)cc2)CC1. The van der Waals surface area contributed by atoms with Crippen LogP contribution in [-0.2, 0) is 11.2 Å². The standard InChI is InChI=1S/C22H23FN4O2/c23-19-3-5-20(6-4-19)26-11-13-27(14-12-26)22(29)18(15-24)16-25-10-9-17-1-7-21(28)8-2-17/h1-8,16,25,28H,9-14H2/b18-16-. The fourth-order valence-corrected chi connectivity index (χ4v) is 3.19. The summed E-state index contributed by atoms with van der Waals surface area (Å²) in [5.74, 6) is -0.342. The Balaban J connectivity index is 1.49. The molecule has 29 heavy (non-hydrogen) atoms. The summed E-state index contributed by atoms with van der Waals surface area (Å²) in [6.07, 6.45) is 2.18. The smallest absolute Gasteiger partial charge is 0.266 e. The molecule has 7 heteroatoms. The molecule has 2 aromatic carbocycles. The molecule has 0 radical (unpaired) electrons. The number of amides is 1. The third-order valence-corrected chi connectivity index (χ3v) is 4.85. The third kappa shape index (κ3) is 5.48. The van der Waals surface area contributed by atoms with Gasteiger partial charge in [0, 0.05) is 44.6 Å².